The number of aromatic nitrogens is 6. The number of fused-ring (bicyclic) bond motifs is 1. The summed E-state index contributed by atoms with van der Waals surface area (Å²) in [5.74, 6) is 1.59. The number of terminal acetylenes is 1. The summed E-state index contributed by atoms with van der Waals surface area (Å²) < 4.78 is 157. The molecule has 0 aliphatic carbocycles. The molecule has 0 bridgehead atoms. The molecule has 130 heavy (non-hydrogen) atoms. The molecule has 2 atom stereocenters. The second-order valence-electron chi connectivity index (χ2n) is 29.5. The van der Waals surface area contributed by atoms with Crippen LogP contribution in [-0.2, 0) is 147 Å². The fraction of sp³-hybridized carbons (Fsp3) is 0.767. The van der Waals surface area contributed by atoms with Gasteiger partial charge in [-0.25, -0.2) is 17.9 Å². The van der Waals surface area contributed by atoms with Gasteiger partial charge in [-0.2, -0.15) is 5.10 Å². The molecule has 2 aliphatic heterocycles. The summed E-state index contributed by atoms with van der Waals surface area (Å²) in [6, 6.07) is 6.54. The Hall–Kier alpha value is -6.70. The number of aryl methyl sites for hydroxylation is 1. The zero-order valence-electron chi connectivity index (χ0n) is 76.5. The van der Waals surface area contributed by atoms with Gasteiger partial charge in [-0.05, 0) is 70.2 Å². The van der Waals surface area contributed by atoms with E-state index in [4.69, 9.17) is 137 Å². The van der Waals surface area contributed by atoms with Crippen molar-refractivity contribution in [3.63, 3.8) is 0 Å². The molecule has 0 saturated carbocycles. The highest BCUT2D eigenvalue weighted by atomic mass is 35.5. The lowest BCUT2D eigenvalue weighted by Gasteiger charge is -2.35. The third kappa shape index (κ3) is 54.6. The maximum absolute atomic E-state index is 14.1. The number of methoxy groups -OCH3 is 1. The Bertz CT molecular complexity index is 3730. The number of unbranched alkanes of at least 4 members (excludes halogenated alkanes) is 1. The molecule has 0 spiro atoms. The van der Waals surface area contributed by atoms with Gasteiger partial charge in [0.05, 0.1) is 333 Å². The Kier molecular flexibility index (Phi) is 64.3. The van der Waals surface area contributed by atoms with Crippen molar-refractivity contribution in [1.29, 1.82) is 0 Å². The second-order valence-corrected chi connectivity index (χ2v) is 31.7. The Morgan fingerprint density at radius 1 is 0.523 bits per heavy atom. The summed E-state index contributed by atoms with van der Waals surface area (Å²) in [5.41, 5.74) is 3.39. The predicted molar refractivity (Wildman–Crippen MR) is 478 cm³/mol. The highest BCUT2D eigenvalue weighted by molar-refractivity contribution is 7.92. The Balaban J connectivity index is 0.684. The average Bonchev–Trinajstić information content (AvgIpc) is 1.62. The van der Waals surface area contributed by atoms with E-state index in [1.807, 2.05) is 19.2 Å². The van der Waals surface area contributed by atoms with Crippen molar-refractivity contribution in [3.8, 4) is 12.3 Å². The number of likely N-dealkylation sites (tertiary alicyclic amines) is 1. The molecule has 4 aromatic rings. The molecule has 6 rings (SSSR count). The van der Waals surface area contributed by atoms with Crippen LogP contribution >= 0.6 is 11.6 Å². The Morgan fingerprint density at radius 2 is 0.977 bits per heavy atom. The van der Waals surface area contributed by atoms with E-state index in [2.05, 4.69) is 41.8 Å². The number of amides is 4. The van der Waals surface area contributed by atoms with Crippen molar-refractivity contribution in [3.05, 3.63) is 64.2 Å². The third-order valence-electron chi connectivity index (χ3n) is 19.1. The number of benzene rings is 1. The van der Waals surface area contributed by atoms with E-state index in [9.17, 15) is 27.6 Å². The minimum atomic E-state index is -3.64. The van der Waals surface area contributed by atoms with E-state index in [-0.39, 0.29) is 109 Å². The first-order valence-corrected chi connectivity index (χ1v) is 47.2. The number of nitrogens with zero attached hydrogens (tertiary/aromatic N) is 9. The largest absolute Gasteiger partial charge is 0.382 e. The number of halogens is 1. The number of ether oxygens (including phenoxy) is 23. The number of hydrogen-bond acceptors (Lipinski definition) is 35. The Morgan fingerprint density at radius 3 is 1.46 bits per heavy atom. The number of rotatable bonds is 87. The van der Waals surface area contributed by atoms with Crippen molar-refractivity contribution < 1.29 is 137 Å². The van der Waals surface area contributed by atoms with Gasteiger partial charge in [0, 0.05) is 75.3 Å². The topological polar surface area (TPSA) is 433 Å². The summed E-state index contributed by atoms with van der Waals surface area (Å²) in [5, 5.41) is 22.8. The summed E-state index contributed by atoms with van der Waals surface area (Å²) >= 11 is 6.30. The number of nitrogens with one attached hydrogen (secondary N) is 4. The Labute approximate surface area is 770 Å². The summed E-state index contributed by atoms with van der Waals surface area (Å²) in [4.78, 5) is 64.1. The van der Waals surface area contributed by atoms with Gasteiger partial charge < -0.3 is 140 Å². The lowest BCUT2D eigenvalue weighted by molar-refractivity contribution is -0.140. The van der Waals surface area contributed by atoms with Crippen molar-refractivity contribution in [2.24, 2.45) is 0 Å². The van der Waals surface area contributed by atoms with Crippen LogP contribution in [0.3, 0.4) is 0 Å². The first-order chi connectivity index (χ1) is 63.7. The van der Waals surface area contributed by atoms with E-state index < -0.39 is 27.7 Å². The van der Waals surface area contributed by atoms with Gasteiger partial charge in [0.2, 0.25) is 27.7 Å². The average molecular weight is 1890 g/mol. The van der Waals surface area contributed by atoms with Crippen molar-refractivity contribution in [1.82, 2.24) is 55.3 Å². The van der Waals surface area contributed by atoms with Gasteiger partial charge in [-0.15, -0.1) is 11.5 Å². The van der Waals surface area contributed by atoms with Crippen LogP contribution in [0.1, 0.15) is 78.3 Å². The van der Waals surface area contributed by atoms with Crippen LogP contribution in [0, 0.1) is 19.3 Å². The smallest absolute Gasteiger partial charge is 0.256 e. The zero-order chi connectivity index (χ0) is 92.5. The molecule has 0 radical (unpaired) electrons. The first-order valence-electron chi connectivity index (χ1n) is 45.0. The number of hydrogen-bond donors (Lipinski definition) is 4. The molecule has 2 saturated heterocycles. The molecular formula is C86H144ClN13O29S. The molecule has 740 valence electrons. The maximum Gasteiger partial charge on any atom is 0.256 e. The molecule has 2 fully saturated rings. The van der Waals surface area contributed by atoms with Gasteiger partial charge in [-0.1, -0.05) is 22.7 Å². The third-order valence-corrected chi connectivity index (χ3v) is 19.9. The molecule has 2 aliphatic rings. The van der Waals surface area contributed by atoms with Crippen LogP contribution in [-0.4, -0.2) is 434 Å². The van der Waals surface area contributed by atoms with Crippen LogP contribution in [0.5, 0.6) is 0 Å². The predicted octanol–water partition coefficient (Wildman–Crippen LogP) is 2.27. The lowest BCUT2D eigenvalue weighted by Crippen LogP contribution is -2.46. The summed E-state index contributed by atoms with van der Waals surface area (Å²) in [6.07, 6.45) is 15.2. The van der Waals surface area contributed by atoms with Crippen molar-refractivity contribution >= 4 is 62.4 Å². The van der Waals surface area contributed by atoms with Crippen LogP contribution in [0.15, 0.2) is 36.7 Å². The van der Waals surface area contributed by atoms with Crippen LogP contribution < -0.4 is 25.6 Å². The fourth-order valence-corrected chi connectivity index (χ4v) is 13.5. The highest BCUT2D eigenvalue weighted by Crippen LogP contribution is 2.35. The number of anilines is 2. The number of sulfonamides is 1. The zero-order valence-corrected chi connectivity index (χ0v) is 78.1. The van der Waals surface area contributed by atoms with E-state index in [1.54, 1.807) is 33.5 Å². The molecule has 42 nitrogen and oxygen atoms in total. The van der Waals surface area contributed by atoms with E-state index >= 15 is 0 Å². The summed E-state index contributed by atoms with van der Waals surface area (Å²) in [7, 11) is -2.01. The molecule has 4 N–H and O–H groups in total. The van der Waals surface area contributed by atoms with Gasteiger partial charge in [0.25, 0.3) is 5.91 Å². The lowest BCUT2D eigenvalue weighted by atomic mass is 9.98. The SMILES string of the molecule is C#CCOCCOCCOCCOCCC(=O)N(CC(=O)NCCOCCOCCOCCOCCOCCOCCOCCOCCOCCOCCOCCOC)CC(=O)NCCn1cc(COCCOCCOCCOCCOCCOCCOCCCCN[C@H]2CCN(c3nc4cc(C5CCCCN5C(=O)c5cc(Cl)ccc5NS(C)(=O)=O)nn4cc3C)C2)nn1. The second kappa shape index (κ2) is 74.6. The van der Waals surface area contributed by atoms with Gasteiger partial charge in [0.15, 0.2) is 5.65 Å². The molecule has 3 aromatic heterocycles. The van der Waals surface area contributed by atoms with Crippen molar-refractivity contribution in [2.45, 2.75) is 77.1 Å². The van der Waals surface area contributed by atoms with Crippen LogP contribution in [0.2, 0.25) is 5.02 Å². The molecule has 44 heteroatoms. The van der Waals surface area contributed by atoms with Crippen LogP contribution in [0.25, 0.3) is 5.65 Å². The minimum absolute atomic E-state index is 0.0438. The van der Waals surface area contributed by atoms with Crippen LogP contribution in [0.4, 0.5) is 11.5 Å². The molecule has 1 unspecified atom stereocenters. The van der Waals surface area contributed by atoms with Crippen molar-refractivity contribution in [2.75, 3.05) is 366 Å². The fourth-order valence-electron chi connectivity index (χ4n) is 12.7. The number of carbonyl (C=O) groups excluding carboxylic acids is 4. The van der Waals surface area contributed by atoms with E-state index in [1.165, 1.54) is 17.0 Å². The quantitative estimate of drug-likeness (QED) is 0.0364. The molecule has 5 heterocycles. The van der Waals surface area contributed by atoms with Gasteiger partial charge >= 0.3 is 0 Å². The monoisotopic (exact) mass is 1890 g/mol. The number of carbonyl (C=O) groups is 4. The minimum Gasteiger partial charge on any atom is -0.382 e. The highest BCUT2D eigenvalue weighted by Gasteiger charge is 2.33. The molecular weight excluding hydrogens is 1750 g/mol. The standard InChI is InChI=1S/C86H144ClN13O29S/c1-5-21-108-27-31-113-37-39-115-33-29-110-23-14-84(103)97(71-83(102)90-17-24-111-30-34-116-40-42-119-46-48-121-51-52-123-55-56-125-58-57-124-54-53-122-50-49-120-44-43-117-36-35-112-26-25-107-3)70-82(101)89-16-20-98-69-76(92-95-98)72-129-64-63-128-62-61-127-60-59-126-47-45-118-41-38-114-32-28-109-22-9-7-15-88-75-13-19-96(68-75)85-73(2)67-100-81(91-85)66-79(93-100)80-10-6-8-18-99(80)86(104)77-65-74(87)11-12-78(77)94-130(4,105)106/h1,11-12,65-67,69,75,80,88,94H,6-10,13-64,68,70-72H2,2-4H3,(H,89,101)(H,90,102)/t75-,80?/m0/s1. The first kappa shape index (κ1) is 112. The van der Waals surface area contributed by atoms with E-state index in [0.29, 0.717) is 286 Å². The normalized spacial score (nSPS) is 14.2. The molecule has 1 aromatic carbocycles. The van der Waals surface area contributed by atoms with Gasteiger partial charge in [-0.3, -0.25) is 28.6 Å². The van der Waals surface area contributed by atoms with E-state index in [0.717, 1.165) is 75.1 Å². The molecule has 4 amide bonds. The summed E-state index contributed by atoms with van der Waals surface area (Å²) in [6.45, 7) is 23.3. The number of piperidine rings is 1. The maximum atomic E-state index is 14.1. The van der Waals surface area contributed by atoms with Gasteiger partial charge in [0.1, 0.15) is 31.2 Å².